The minimum Gasteiger partial charge on any atom is -0.379 e. The summed E-state index contributed by atoms with van der Waals surface area (Å²) in [5, 5.41) is 2.65. The SMILES string of the molecule is CN(C)S(=O)(=O)c1ccccc1CNC(=O)c1ccccc1S(=O)(=O)N1CCOCC1. The van der Waals surface area contributed by atoms with Crippen LogP contribution in [0.2, 0.25) is 0 Å². The zero-order chi connectivity index (χ0) is 22.6. The third-order valence-electron chi connectivity index (χ3n) is 4.89. The van der Waals surface area contributed by atoms with Crippen molar-refractivity contribution in [2.75, 3.05) is 40.4 Å². The standard InChI is InChI=1S/C20H25N3O6S2/c1-22(2)30(25,26)18-9-5-3-7-16(18)15-21-20(24)17-8-4-6-10-19(17)31(27,28)23-11-13-29-14-12-23/h3-10H,11-15H2,1-2H3,(H,21,24). The lowest BCUT2D eigenvalue weighted by Gasteiger charge is -2.26. The minimum atomic E-state index is -3.87. The van der Waals surface area contributed by atoms with Crippen molar-refractivity contribution in [1.29, 1.82) is 0 Å². The van der Waals surface area contributed by atoms with Crippen LogP contribution in [0.5, 0.6) is 0 Å². The number of hydrogen-bond acceptors (Lipinski definition) is 6. The van der Waals surface area contributed by atoms with Crippen LogP contribution in [0.4, 0.5) is 0 Å². The van der Waals surface area contributed by atoms with Gasteiger partial charge >= 0.3 is 0 Å². The predicted molar refractivity (Wildman–Crippen MR) is 115 cm³/mol. The van der Waals surface area contributed by atoms with Gasteiger partial charge in [0.05, 0.1) is 28.6 Å². The summed E-state index contributed by atoms with van der Waals surface area (Å²) in [7, 11) is -4.72. The van der Waals surface area contributed by atoms with Gasteiger partial charge in [-0.2, -0.15) is 4.31 Å². The molecule has 168 valence electrons. The molecule has 11 heteroatoms. The van der Waals surface area contributed by atoms with Crippen LogP contribution in [0.25, 0.3) is 0 Å². The molecule has 0 saturated carbocycles. The average molecular weight is 468 g/mol. The van der Waals surface area contributed by atoms with Gasteiger partial charge in [0.1, 0.15) is 0 Å². The number of nitrogens with one attached hydrogen (secondary N) is 1. The quantitative estimate of drug-likeness (QED) is 0.647. The van der Waals surface area contributed by atoms with E-state index in [9.17, 15) is 21.6 Å². The van der Waals surface area contributed by atoms with Crippen LogP contribution in [0.1, 0.15) is 15.9 Å². The second kappa shape index (κ2) is 9.45. The fraction of sp³-hybridized carbons (Fsp3) is 0.350. The maximum Gasteiger partial charge on any atom is 0.252 e. The first-order valence-electron chi connectivity index (χ1n) is 9.61. The molecule has 0 spiro atoms. The van der Waals surface area contributed by atoms with E-state index in [0.29, 0.717) is 18.8 Å². The maximum absolute atomic E-state index is 13.1. The number of carbonyl (C=O) groups is 1. The van der Waals surface area contributed by atoms with Crippen LogP contribution in [-0.2, 0) is 31.3 Å². The highest BCUT2D eigenvalue weighted by Gasteiger charge is 2.30. The van der Waals surface area contributed by atoms with E-state index in [1.807, 2.05) is 0 Å². The molecule has 0 atom stereocenters. The molecule has 0 bridgehead atoms. The second-order valence-corrected chi connectivity index (χ2v) is 11.1. The molecule has 1 amide bonds. The van der Waals surface area contributed by atoms with E-state index in [0.717, 1.165) is 4.31 Å². The number of sulfonamides is 2. The molecule has 1 fully saturated rings. The average Bonchev–Trinajstić information content (AvgIpc) is 2.78. The first kappa shape index (κ1) is 23.4. The van der Waals surface area contributed by atoms with E-state index in [2.05, 4.69) is 5.32 Å². The summed E-state index contributed by atoms with van der Waals surface area (Å²) in [5.41, 5.74) is 0.403. The third-order valence-corrected chi connectivity index (χ3v) is 8.76. The topological polar surface area (TPSA) is 113 Å². The van der Waals surface area contributed by atoms with Gasteiger partial charge in [-0.3, -0.25) is 4.79 Å². The van der Waals surface area contributed by atoms with Crippen LogP contribution >= 0.6 is 0 Å². The molecule has 2 aromatic rings. The summed E-state index contributed by atoms with van der Waals surface area (Å²) in [6, 6.07) is 12.3. The highest BCUT2D eigenvalue weighted by atomic mass is 32.2. The van der Waals surface area contributed by atoms with Crippen LogP contribution in [0, 0.1) is 0 Å². The number of amides is 1. The normalized spacial score (nSPS) is 15.7. The van der Waals surface area contributed by atoms with Crippen molar-refractivity contribution in [2.24, 2.45) is 0 Å². The monoisotopic (exact) mass is 467 g/mol. The Kier molecular flexibility index (Phi) is 7.12. The van der Waals surface area contributed by atoms with Crippen molar-refractivity contribution >= 4 is 26.0 Å². The van der Waals surface area contributed by atoms with Gasteiger partial charge in [0.25, 0.3) is 5.91 Å². The van der Waals surface area contributed by atoms with E-state index in [4.69, 9.17) is 4.74 Å². The summed E-state index contributed by atoms with van der Waals surface area (Å²) in [6.45, 7) is 0.950. The number of hydrogen-bond donors (Lipinski definition) is 1. The summed E-state index contributed by atoms with van der Waals surface area (Å²) in [6.07, 6.45) is 0. The van der Waals surface area contributed by atoms with E-state index in [1.54, 1.807) is 30.3 Å². The van der Waals surface area contributed by atoms with Crippen molar-refractivity contribution in [1.82, 2.24) is 13.9 Å². The molecule has 1 N–H and O–H groups in total. The zero-order valence-corrected chi connectivity index (χ0v) is 18.9. The predicted octanol–water partition coefficient (Wildman–Crippen LogP) is 0.888. The summed E-state index contributed by atoms with van der Waals surface area (Å²) in [4.78, 5) is 12.9. The summed E-state index contributed by atoms with van der Waals surface area (Å²) < 4.78 is 58.8. The lowest BCUT2D eigenvalue weighted by atomic mass is 10.2. The first-order valence-corrected chi connectivity index (χ1v) is 12.5. The molecule has 0 aromatic heterocycles. The van der Waals surface area contributed by atoms with E-state index in [1.165, 1.54) is 36.6 Å². The molecular formula is C20H25N3O6S2. The fourth-order valence-electron chi connectivity index (χ4n) is 3.17. The van der Waals surface area contributed by atoms with Crippen molar-refractivity contribution in [3.05, 3.63) is 59.7 Å². The van der Waals surface area contributed by atoms with E-state index in [-0.39, 0.29) is 35.0 Å². The van der Waals surface area contributed by atoms with E-state index < -0.39 is 26.0 Å². The van der Waals surface area contributed by atoms with Crippen molar-refractivity contribution < 1.29 is 26.4 Å². The van der Waals surface area contributed by atoms with Gasteiger partial charge in [0, 0.05) is 33.7 Å². The van der Waals surface area contributed by atoms with Crippen molar-refractivity contribution in [3.63, 3.8) is 0 Å². The molecule has 9 nitrogen and oxygen atoms in total. The van der Waals surface area contributed by atoms with Crippen molar-refractivity contribution in [2.45, 2.75) is 16.3 Å². The zero-order valence-electron chi connectivity index (χ0n) is 17.3. The number of morpholine rings is 1. The van der Waals surface area contributed by atoms with Gasteiger partial charge < -0.3 is 10.1 Å². The second-order valence-electron chi connectivity index (χ2n) is 7.09. The molecule has 0 aliphatic carbocycles. The smallest absolute Gasteiger partial charge is 0.252 e. The summed E-state index contributed by atoms with van der Waals surface area (Å²) >= 11 is 0. The number of rotatable bonds is 7. The Balaban J connectivity index is 1.86. The molecule has 1 aliphatic heterocycles. The Morgan fingerprint density at radius 2 is 1.55 bits per heavy atom. The Morgan fingerprint density at radius 3 is 2.19 bits per heavy atom. The minimum absolute atomic E-state index is 0.00180. The van der Waals surface area contributed by atoms with Gasteiger partial charge in [-0.15, -0.1) is 0 Å². The van der Waals surface area contributed by atoms with Crippen LogP contribution in [0.3, 0.4) is 0 Å². The molecule has 0 radical (unpaired) electrons. The number of nitrogens with zero attached hydrogens (tertiary/aromatic N) is 2. The number of carbonyl (C=O) groups excluding carboxylic acids is 1. The van der Waals surface area contributed by atoms with Crippen LogP contribution < -0.4 is 5.32 Å². The third kappa shape index (κ3) is 4.96. The number of ether oxygens (including phenoxy) is 1. The highest BCUT2D eigenvalue weighted by Crippen LogP contribution is 2.22. The first-order chi connectivity index (χ1) is 14.7. The molecule has 31 heavy (non-hydrogen) atoms. The molecular weight excluding hydrogens is 442 g/mol. The summed E-state index contributed by atoms with van der Waals surface area (Å²) in [5.74, 6) is -0.607. The molecule has 0 unspecified atom stereocenters. The van der Waals surface area contributed by atoms with Gasteiger partial charge in [0.2, 0.25) is 20.0 Å². The fourth-order valence-corrected chi connectivity index (χ4v) is 5.89. The lowest BCUT2D eigenvalue weighted by molar-refractivity contribution is 0.0729. The Hall–Kier alpha value is -2.31. The Morgan fingerprint density at radius 1 is 0.968 bits per heavy atom. The largest absolute Gasteiger partial charge is 0.379 e. The maximum atomic E-state index is 13.1. The van der Waals surface area contributed by atoms with Gasteiger partial charge in [-0.1, -0.05) is 30.3 Å². The molecule has 3 rings (SSSR count). The van der Waals surface area contributed by atoms with Gasteiger partial charge in [-0.25, -0.2) is 21.1 Å². The van der Waals surface area contributed by atoms with Crippen LogP contribution in [-0.4, -0.2) is 71.8 Å². The lowest BCUT2D eigenvalue weighted by Crippen LogP contribution is -2.41. The van der Waals surface area contributed by atoms with Crippen molar-refractivity contribution in [3.8, 4) is 0 Å². The Labute approximate surface area is 182 Å². The van der Waals surface area contributed by atoms with E-state index >= 15 is 0 Å². The molecule has 1 aliphatic rings. The highest BCUT2D eigenvalue weighted by molar-refractivity contribution is 7.89. The Bertz CT molecular complexity index is 1160. The number of benzene rings is 2. The molecule has 1 heterocycles. The molecule has 2 aromatic carbocycles. The van der Waals surface area contributed by atoms with Gasteiger partial charge in [-0.05, 0) is 23.8 Å². The molecule has 1 saturated heterocycles. The van der Waals surface area contributed by atoms with Gasteiger partial charge in [0.15, 0.2) is 0 Å². The van der Waals surface area contributed by atoms with Crippen LogP contribution in [0.15, 0.2) is 58.3 Å².